The third-order valence-corrected chi connectivity index (χ3v) is 6.01. The summed E-state index contributed by atoms with van der Waals surface area (Å²) in [4.78, 5) is 4.58. The van der Waals surface area contributed by atoms with E-state index < -0.39 is 10.0 Å². The van der Waals surface area contributed by atoms with Crippen LogP contribution in [0, 0.1) is 0 Å². The standard InChI is InChI=1S/C20H23N3O3S/c1-21-27(25,26)18-9-8-16(19(11-18)20-12-23(2)14-22-20)10-17(13-24)15-6-4-3-5-7-15/h3-9,11-12,14,17,21,24H,10,13H2,1-2H3. The molecule has 1 heterocycles. The molecule has 0 aliphatic heterocycles. The van der Waals surface area contributed by atoms with E-state index in [0.717, 1.165) is 16.7 Å². The number of nitrogens with zero attached hydrogens (tertiary/aromatic N) is 2. The summed E-state index contributed by atoms with van der Waals surface area (Å²) in [7, 11) is -0.303. The lowest BCUT2D eigenvalue weighted by molar-refractivity contribution is 0.264. The van der Waals surface area contributed by atoms with Gasteiger partial charge in [0.2, 0.25) is 10.0 Å². The molecule has 1 unspecified atom stereocenters. The lowest BCUT2D eigenvalue weighted by Crippen LogP contribution is -2.19. The Balaban J connectivity index is 2.06. The monoisotopic (exact) mass is 385 g/mol. The Morgan fingerprint density at radius 1 is 1.19 bits per heavy atom. The minimum atomic E-state index is -3.56. The highest BCUT2D eigenvalue weighted by Gasteiger charge is 2.19. The van der Waals surface area contributed by atoms with Crippen molar-refractivity contribution in [3.63, 3.8) is 0 Å². The van der Waals surface area contributed by atoms with E-state index in [9.17, 15) is 13.5 Å². The average Bonchev–Trinajstić information content (AvgIpc) is 3.13. The number of hydrogen-bond donors (Lipinski definition) is 2. The van der Waals surface area contributed by atoms with E-state index in [0.29, 0.717) is 12.1 Å². The van der Waals surface area contributed by atoms with Gasteiger partial charge in [0.1, 0.15) is 0 Å². The topological polar surface area (TPSA) is 84.2 Å². The van der Waals surface area contributed by atoms with Gasteiger partial charge in [-0.2, -0.15) is 0 Å². The maximum absolute atomic E-state index is 12.2. The number of hydrogen-bond acceptors (Lipinski definition) is 4. The Morgan fingerprint density at radius 2 is 1.93 bits per heavy atom. The maximum atomic E-state index is 12.2. The summed E-state index contributed by atoms with van der Waals surface area (Å²) in [5.41, 5.74) is 3.43. The average molecular weight is 385 g/mol. The van der Waals surface area contributed by atoms with E-state index in [1.54, 1.807) is 24.5 Å². The molecule has 7 heteroatoms. The summed E-state index contributed by atoms with van der Waals surface area (Å²) in [6, 6.07) is 14.8. The van der Waals surface area contributed by atoms with Crippen molar-refractivity contribution in [1.29, 1.82) is 0 Å². The van der Waals surface area contributed by atoms with Crippen LogP contribution < -0.4 is 4.72 Å². The lowest BCUT2D eigenvalue weighted by Gasteiger charge is -2.17. The van der Waals surface area contributed by atoms with Crippen LogP contribution in [0.1, 0.15) is 17.0 Å². The molecule has 3 rings (SSSR count). The molecule has 0 spiro atoms. The van der Waals surface area contributed by atoms with E-state index in [1.807, 2.05) is 48.1 Å². The van der Waals surface area contributed by atoms with Gasteiger partial charge in [-0.25, -0.2) is 18.1 Å². The SMILES string of the molecule is CNS(=O)(=O)c1ccc(CC(CO)c2ccccc2)c(-c2cn(C)cn2)c1. The van der Waals surface area contributed by atoms with Gasteiger partial charge in [-0.05, 0) is 36.7 Å². The fourth-order valence-corrected chi connectivity index (χ4v) is 3.84. The van der Waals surface area contributed by atoms with Crippen molar-refractivity contribution < 1.29 is 13.5 Å². The predicted octanol–water partition coefficient (Wildman–Crippen LogP) is 2.31. The Labute approximate surface area is 159 Å². The van der Waals surface area contributed by atoms with Crippen LogP contribution >= 0.6 is 0 Å². The van der Waals surface area contributed by atoms with Crippen molar-refractivity contribution in [3.05, 3.63) is 72.2 Å². The van der Waals surface area contributed by atoms with E-state index in [2.05, 4.69) is 9.71 Å². The highest BCUT2D eigenvalue weighted by molar-refractivity contribution is 7.89. The molecule has 0 saturated carbocycles. The molecule has 142 valence electrons. The van der Waals surface area contributed by atoms with Crippen LogP contribution in [0.3, 0.4) is 0 Å². The van der Waals surface area contributed by atoms with Crippen LogP contribution in [0.25, 0.3) is 11.3 Å². The minimum absolute atomic E-state index is 0.00222. The summed E-state index contributed by atoms with van der Waals surface area (Å²) in [5, 5.41) is 9.90. The van der Waals surface area contributed by atoms with E-state index in [1.165, 1.54) is 7.05 Å². The van der Waals surface area contributed by atoms with Crippen molar-refractivity contribution >= 4 is 10.0 Å². The van der Waals surface area contributed by atoms with Crippen LogP contribution in [0.4, 0.5) is 0 Å². The molecular formula is C20H23N3O3S. The minimum Gasteiger partial charge on any atom is -0.396 e. The highest BCUT2D eigenvalue weighted by Crippen LogP contribution is 2.30. The maximum Gasteiger partial charge on any atom is 0.240 e. The number of aromatic nitrogens is 2. The number of aliphatic hydroxyl groups is 1. The van der Waals surface area contributed by atoms with Gasteiger partial charge in [-0.1, -0.05) is 36.4 Å². The molecule has 3 aromatic rings. The molecule has 1 aromatic heterocycles. The van der Waals surface area contributed by atoms with Crippen LogP contribution in [-0.2, 0) is 23.5 Å². The molecule has 2 N–H and O–H groups in total. The third-order valence-electron chi connectivity index (χ3n) is 4.60. The normalized spacial score (nSPS) is 12.9. The molecule has 6 nitrogen and oxygen atoms in total. The van der Waals surface area contributed by atoms with Crippen LogP contribution in [-0.4, -0.2) is 36.7 Å². The zero-order valence-electron chi connectivity index (χ0n) is 15.3. The fourth-order valence-electron chi connectivity index (χ4n) is 3.09. The van der Waals surface area contributed by atoms with Gasteiger partial charge in [-0.3, -0.25) is 0 Å². The summed E-state index contributed by atoms with van der Waals surface area (Å²) >= 11 is 0. The zero-order valence-corrected chi connectivity index (χ0v) is 16.1. The summed E-state index contributed by atoms with van der Waals surface area (Å²) in [5.74, 6) is -0.0829. The van der Waals surface area contributed by atoms with Crippen LogP contribution in [0.5, 0.6) is 0 Å². The summed E-state index contributed by atoms with van der Waals surface area (Å²) in [6.07, 6.45) is 4.11. The molecule has 0 bridgehead atoms. The van der Waals surface area contributed by atoms with Crippen LogP contribution in [0.2, 0.25) is 0 Å². The number of aryl methyl sites for hydroxylation is 1. The first-order chi connectivity index (χ1) is 12.9. The van der Waals surface area contributed by atoms with Crippen molar-refractivity contribution in [3.8, 4) is 11.3 Å². The largest absolute Gasteiger partial charge is 0.396 e. The number of sulfonamides is 1. The zero-order chi connectivity index (χ0) is 19.4. The Hall–Kier alpha value is -2.48. The molecule has 0 aliphatic rings. The van der Waals surface area contributed by atoms with Gasteiger partial charge in [0.15, 0.2) is 0 Å². The van der Waals surface area contributed by atoms with E-state index in [-0.39, 0.29) is 17.4 Å². The number of aliphatic hydroxyl groups excluding tert-OH is 1. The smallest absolute Gasteiger partial charge is 0.240 e. The molecule has 0 fully saturated rings. The molecule has 27 heavy (non-hydrogen) atoms. The first kappa shape index (κ1) is 19.3. The first-order valence-corrected chi connectivity index (χ1v) is 10.1. The van der Waals surface area contributed by atoms with Gasteiger partial charge in [0.05, 0.1) is 23.5 Å². The third kappa shape index (κ3) is 4.27. The molecule has 2 aromatic carbocycles. The summed E-state index contributed by atoms with van der Waals surface area (Å²) in [6.45, 7) is 0.00222. The van der Waals surface area contributed by atoms with Crippen LogP contribution in [0.15, 0.2) is 66.0 Å². The van der Waals surface area contributed by atoms with Gasteiger partial charge in [-0.15, -0.1) is 0 Å². The number of benzene rings is 2. The van der Waals surface area contributed by atoms with Crippen molar-refractivity contribution in [2.45, 2.75) is 17.2 Å². The number of imidazole rings is 1. The second kappa shape index (κ2) is 8.04. The van der Waals surface area contributed by atoms with Gasteiger partial charge in [0, 0.05) is 24.7 Å². The predicted molar refractivity (Wildman–Crippen MR) is 105 cm³/mol. The second-order valence-electron chi connectivity index (χ2n) is 6.45. The quantitative estimate of drug-likeness (QED) is 0.654. The molecule has 1 atom stereocenters. The molecule has 0 radical (unpaired) electrons. The molecular weight excluding hydrogens is 362 g/mol. The fraction of sp³-hybridized carbons (Fsp3) is 0.250. The van der Waals surface area contributed by atoms with Crippen molar-refractivity contribution in [1.82, 2.24) is 14.3 Å². The Bertz CT molecular complexity index is 1010. The van der Waals surface area contributed by atoms with E-state index >= 15 is 0 Å². The Kier molecular flexibility index (Phi) is 5.74. The molecule has 0 amide bonds. The van der Waals surface area contributed by atoms with Crippen molar-refractivity contribution in [2.24, 2.45) is 7.05 Å². The lowest BCUT2D eigenvalue weighted by atomic mass is 9.90. The molecule has 0 aliphatic carbocycles. The highest BCUT2D eigenvalue weighted by atomic mass is 32.2. The summed E-state index contributed by atoms with van der Waals surface area (Å²) < 4.78 is 28.6. The Morgan fingerprint density at radius 3 is 2.52 bits per heavy atom. The number of nitrogens with one attached hydrogen (secondary N) is 1. The number of rotatable bonds is 7. The van der Waals surface area contributed by atoms with Crippen molar-refractivity contribution in [2.75, 3.05) is 13.7 Å². The molecule has 0 saturated heterocycles. The first-order valence-electron chi connectivity index (χ1n) is 8.65. The second-order valence-corrected chi connectivity index (χ2v) is 8.33. The van der Waals surface area contributed by atoms with Gasteiger partial charge in [0.25, 0.3) is 0 Å². The van der Waals surface area contributed by atoms with Gasteiger partial charge < -0.3 is 9.67 Å². The van der Waals surface area contributed by atoms with E-state index in [4.69, 9.17) is 0 Å². The van der Waals surface area contributed by atoms with Gasteiger partial charge >= 0.3 is 0 Å².